The van der Waals surface area contributed by atoms with Crippen molar-refractivity contribution in [2.75, 3.05) is 6.54 Å². The van der Waals surface area contributed by atoms with Crippen molar-refractivity contribution in [2.45, 2.75) is 42.9 Å². The number of hydrogen-bond donors (Lipinski definition) is 3. The van der Waals surface area contributed by atoms with E-state index in [0.717, 1.165) is 19.5 Å². The SMILES string of the molecule is CC1(O)CCCN(S(=O)(=O)c2ccc(OCc3nc4ccccc4s3)cc2)[C@@H]1C(=O)NO. The lowest BCUT2D eigenvalue weighted by molar-refractivity contribution is -0.144. The van der Waals surface area contributed by atoms with Crippen LogP contribution in [0, 0.1) is 0 Å². The number of ether oxygens (including phenoxy) is 1. The van der Waals surface area contributed by atoms with Crippen molar-refractivity contribution in [2.24, 2.45) is 0 Å². The van der Waals surface area contributed by atoms with Gasteiger partial charge in [0.05, 0.1) is 20.7 Å². The zero-order valence-corrected chi connectivity index (χ0v) is 18.9. The molecular formula is C21H23N3O6S2. The molecule has 0 spiro atoms. The number of aliphatic hydroxyl groups is 1. The van der Waals surface area contributed by atoms with E-state index in [1.54, 1.807) is 0 Å². The van der Waals surface area contributed by atoms with E-state index in [0.29, 0.717) is 12.2 Å². The maximum absolute atomic E-state index is 13.2. The Morgan fingerprint density at radius 2 is 2.00 bits per heavy atom. The minimum Gasteiger partial charge on any atom is -0.486 e. The van der Waals surface area contributed by atoms with Crippen LogP contribution in [0.1, 0.15) is 24.8 Å². The molecule has 1 aromatic heterocycles. The average Bonchev–Trinajstić information content (AvgIpc) is 3.20. The van der Waals surface area contributed by atoms with Crippen LogP contribution in [0.15, 0.2) is 53.4 Å². The Hall–Kier alpha value is -2.57. The number of hydroxylamine groups is 1. The van der Waals surface area contributed by atoms with Crippen LogP contribution in [0.5, 0.6) is 5.75 Å². The van der Waals surface area contributed by atoms with Crippen molar-refractivity contribution in [3.8, 4) is 5.75 Å². The molecule has 1 aliphatic heterocycles. The molecule has 9 nitrogen and oxygen atoms in total. The first-order valence-corrected chi connectivity index (χ1v) is 12.2. The maximum atomic E-state index is 13.2. The van der Waals surface area contributed by atoms with Gasteiger partial charge in [-0.15, -0.1) is 11.3 Å². The van der Waals surface area contributed by atoms with Crippen LogP contribution in [0.4, 0.5) is 0 Å². The van der Waals surface area contributed by atoms with Crippen LogP contribution in [0.2, 0.25) is 0 Å². The number of aromatic nitrogens is 1. The average molecular weight is 478 g/mol. The fourth-order valence-corrected chi connectivity index (χ4v) is 6.47. The number of carbonyl (C=O) groups is 1. The van der Waals surface area contributed by atoms with Crippen molar-refractivity contribution >= 4 is 37.5 Å². The van der Waals surface area contributed by atoms with Gasteiger partial charge in [0.15, 0.2) is 0 Å². The highest BCUT2D eigenvalue weighted by atomic mass is 32.2. The number of amides is 1. The Balaban J connectivity index is 1.51. The molecule has 2 atom stereocenters. The fraction of sp³-hybridized carbons (Fsp3) is 0.333. The van der Waals surface area contributed by atoms with Gasteiger partial charge in [0.25, 0.3) is 5.91 Å². The molecule has 1 fully saturated rings. The van der Waals surface area contributed by atoms with Gasteiger partial charge in [0, 0.05) is 6.54 Å². The molecule has 0 radical (unpaired) electrons. The highest BCUT2D eigenvalue weighted by Gasteiger charge is 2.49. The van der Waals surface area contributed by atoms with E-state index in [-0.39, 0.29) is 24.5 Å². The molecular weight excluding hydrogens is 454 g/mol. The summed E-state index contributed by atoms with van der Waals surface area (Å²) in [7, 11) is -4.10. The van der Waals surface area contributed by atoms with E-state index in [1.165, 1.54) is 48.0 Å². The summed E-state index contributed by atoms with van der Waals surface area (Å²) < 4.78 is 34.1. The number of benzene rings is 2. The Morgan fingerprint density at radius 1 is 1.28 bits per heavy atom. The number of nitrogens with one attached hydrogen (secondary N) is 1. The number of hydrogen-bond acceptors (Lipinski definition) is 8. The van der Waals surface area contributed by atoms with Crippen LogP contribution in [0.3, 0.4) is 0 Å². The minimum absolute atomic E-state index is 0.0433. The summed E-state index contributed by atoms with van der Waals surface area (Å²) in [5, 5.41) is 20.4. The third-order valence-corrected chi connectivity index (χ3v) is 8.32. The van der Waals surface area contributed by atoms with E-state index in [4.69, 9.17) is 9.94 Å². The molecule has 2 aromatic carbocycles. The van der Waals surface area contributed by atoms with Crippen LogP contribution in [-0.4, -0.2) is 52.1 Å². The summed E-state index contributed by atoms with van der Waals surface area (Å²) in [6.45, 7) is 1.68. The number of para-hydroxylation sites is 1. The monoisotopic (exact) mass is 477 g/mol. The first-order chi connectivity index (χ1) is 15.2. The summed E-state index contributed by atoms with van der Waals surface area (Å²) in [6.07, 6.45) is 0.612. The van der Waals surface area contributed by atoms with Crippen LogP contribution < -0.4 is 10.2 Å². The number of thiazole rings is 1. The molecule has 3 N–H and O–H groups in total. The van der Waals surface area contributed by atoms with Crippen LogP contribution in [-0.2, 0) is 21.4 Å². The molecule has 2 heterocycles. The van der Waals surface area contributed by atoms with Crippen LogP contribution in [0.25, 0.3) is 10.2 Å². The first-order valence-electron chi connectivity index (χ1n) is 9.98. The molecule has 0 aliphatic carbocycles. The Morgan fingerprint density at radius 3 is 2.69 bits per heavy atom. The largest absolute Gasteiger partial charge is 0.486 e. The molecule has 0 bridgehead atoms. The zero-order chi connectivity index (χ0) is 22.9. The Labute approximate surface area is 189 Å². The van der Waals surface area contributed by atoms with E-state index < -0.39 is 27.6 Å². The molecule has 3 aromatic rings. The number of sulfonamides is 1. The number of piperidine rings is 1. The molecule has 4 rings (SSSR count). The molecule has 11 heteroatoms. The Kier molecular flexibility index (Phi) is 6.19. The Bertz CT molecular complexity index is 1190. The normalized spacial score (nSPS) is 22.0. The van der Waals surface area contributed by atoms with Gasteiger partial charge in [-0.2, -0.15) is 4.31 Å². The van der Waals surface area contributed by atoms with Crippen molar-refractivity contribution in [3.05, 3.63) is 53.5 Å². The lowest BCUT2D eigenvalue weighted by atomic mass is 9.87. The van der Waals surface area contributed by atoms with Crippen molar-refractivity contribution in [1.29, 1.82) is 0 Å². The van der Waals surface area contributed by atoms with Gasteiger partial charge in [-0.1, -0.05) is 12.1 Å². The van der Waals surface area contributed by atoms with Crippen LogP contribution >= 0.6 is 11.3 Å². The van der Waals surface area contributed by atoms with Gasteiger partial charge in [0.2, 0.25) is 10.0 Å². The lowest BCUT2D eigenvalue weighted by Crippen LogP contribution is -2.62. The second-order valence-corrected chi connectivity index (χ2v) is 10.8. The van der Waals surface area contributed by atoms with E-state index in [9.17, 15) is 18.3 Å². The first kappa shape index (κ1) is 22.6. The highest BCUT2D eigenvalue weighted by molar-refractivity contribution is 7.89. The topological polar surface area (TPSA) is 129 Å². The predicted molar refractivity (Wildman–Crippen MR) is 118 cm³/mol. The predicted octanol–water partition coefficient (Wildman–Crippen LogP) is 2.28. The summed E-state index contributed by atoms with van der Waals surface area (Å²) >= 11 is 1.53. The van der Waals surface area contributed by atoms with Crippen molar-refractivity contribution in [1.82, 2.24) is 14.8 Å². The summed E-state index contributed by atoms with van der Waals surface area (Å²) in [5.41, 5.74) is 0.752. The summed E-state index contributed by atoms with van der Waals surface area (Å²) in [5.74, 6) is -0.507. The number of carbonyl (C=O) groups excluding carboxylic acids is 1. The van der Waals surface area contributed by atoms with E-state index in [1.807, 2.05) is 24.3 Å². The van der Waals surface area contributed by atoms with Gasteiger partial charge in [-0.25, -0.2) is 18.9 Å². The third kappa shape index (κ3) is 4.34. The van der Waals surface area contributed by atoms with E-state index in [2.05, 4.69) is 4.98 Å². The number of fused-ring (bicyclic) bond motifs is 1. The second-order valence-electron chi connectivity index (χ2n) is 7.79. The molecule has 32 heavy (non-hydrogen) atoms. The molecule has 0 saturated carbocycles. The maximum Gasteiger partial charge on any atom is 0.264 e. The summed E-state index contributed by atoms with van der Waals surface area (Å²) in [6, 6.07) is 12.2. The molecule has 170 valence electrons. The zero-order valence-electron chi connectivity index (χ0n) is 17.3. The van der Waals surface area contributed by atoms with Gasteiger partial charge in [0.1, 0.15) is 23.4 Å². The minimum atomic E-state index is -4.10. The standard InChI is InChI=1S/C21H23N3O6S2/c1-21(26)11-4-12-24(19(21)20(25)23-27)32(28,29)15-9-7-14(8-10-15)30-13-18-22-16-5-2-3-6-17(16)31-18/h2-3,5-10,19,26-27H,4,11-13H2,1H3,(H,23,25)/t19-,21?/m1/s1. The highest BCUT2D eigenvalue weighted by Crippen LogP contribution is 2.33. The lowest BCUT2D eigenvalue weighted by Gasteiger charge is -2.42. The second kappa shape index (κ2) is 8.75. The van der Waals surface area contributed by atoms with Gasteiger partial charge >= 0.3 is 0 Å². The number of nitrogens with zero attached hydrogens (tertiary/aromatic N) is 2. The third-order valence-electron chi connectivity index (χ3n) is 5.43. The van der Waals surface area contributed by atoms with E-state index >= 15 is 0 Å². The van der Waals surface area contributed by atoms with Gasteiger partial charge in [-0.3, -0.25) is 10.0 Å². The summed E-state index contributed by atoms with van der Waals surface area (Å²) in [4.78, 5) is 16.6. The molecule has 1 aliphatic rings. The molecule has 1 saturated heterocycles. The van der Waals surface area contributed by atoms with Crippen molar-refractivity contribution < 1.29 is 28.3 Å². The van der Waals surface area contributed by atoms with Crippen molar-refractivity contribution in [3.63, 3.8) is 0 Å². The quantitative estimate of drug-likeness (QED) is 0.367. The molecule has 1 unspecified atom stereocenters. The fourth-order valence-electron chi connectivity index (χ4n) is 3.87. The smallest absolute Gasteiger partial charge is 0.264 e. The molecule has 1 amide bonds. The van der Waals surface area contributed by atoms with Gasteiger partial charge in [-0.05, 0) is 56.2 Å². The van der Waals surface area contributed by atoms with Gasteiger partial charge < -0.3 is 9.84 Å². The number of rotatable bonds is 6.